The van der Waals surface area contributed by atoms with Crippen molar-refractivity contribution in [2.45, 2.75) is 32.2 Å². The summed E-state index contributed by atoms with van der Waals surface area (Å²) in [6.07, 6.45) is -6.97. The molecule has 152 valence electrons. The fourth-order valence-electron chi connectivity index (χ4n) is 2.50. The lowest BCUT2D eigenvalue weighted by Crippen LogP contribution is -2.31. The van der Waals surface area contributed by atoms with Gasteiger partial charge < -0.3 is 25.5 Å². The molecule has 0 saturated heterocycles. The van der Waals surface area contributed by atoms with E-state index in [9.17, 15) is 27.9 Å². The number of halogens is 3. The highest BCUT2D eigenvalue weighted by atomic mass is 19.4. The van der Waals surface area contributed by atoms with E-state index in [4.69, 9.17) is 10.5 Å². The van der Waals surface area contributed by atoms with Gasteiger partial charge in [-0.05, 0) is 24.6 Å². The number of ether oxygens (including phenoxy) is 1. The summed E-state index contributed by atoms with van der Waals surface area (Å²) in [7, 11) is 0. The number of carbonyl (C=O) groups is 1. The Balaban J connectivity index is 1.98. The molecular weight excluding hydrogens is 379 g/mol. The lowest BCUT2D eigenvalue weighted by Gasteiger charge is -2.20. The lowest BCUT2D eigenvalue weighted by atomic mass is 10.1. The number of nitrogens with two attached hydrogens (primary N) is 1. The zero-order chi connectivity index (χ0) is 20.9. The zero-order valence-electron chi connectivity index (χ0n) is 15.0. The summed E-state index contributed by atoms with van der Waals surface area (Å²) >= 11 is 0. The monoisotopic (exact) mass is 399 g/mol. The molecule has 0 aliphatic heterocycles. The van der Waals surface area contributed by atoms with Gasteiger partial charge in [-0.3, -0.25) is 4.79 Å². The number of hydrogen-bond donors (Lipinski definition) is 3. The number of benzene rings is 1. The molecule has 0 saturated carbocycles. The van der Waals surface area contributed by atoms with Gasteiger partial charge in [-0.2, -0.15) is 13.2 Å². The third-order valence-electron chi connectivity index (χ3n) is 4.01. The standard InChI is InChI=1S/C18H20F3N3O4/c1-11-16(26)14(25)6-8-24(11)9-7-23-17(27)28-15(10-18(19,20)21)12-2-4-13(22)5-3-12/h2-6,8,15,26H,7,9-10,22H2,1H3,(H,23,27)/t15-/m0/s1. The van der Waals surface area contributed by atoms with Crippen LogP contribution in [0.15, 0.2) is 41.3 Å². The van der Waals surface area contributed by atoms with Gasteiger partial charge in [0.2, 0.25) is 5.43 Å². The molecule has 1 aromatic carbocycles. The average Bonchev–Trinajstić information content (AvgIpc) is 2.60. The average molecular weight is 399 g/mol. The topological polar surface area (TPSA) is 107 Å². The lowest BCUT2D eigenvalue weighted by molar-refractivity contribution is -0.154. The number of nitrogens with one attached hydrogen (secondary N) is 1. The molecule has 1 amide bonds. The van der Waals surface area contributed by atoms with Crippen molar-refractivity contribution in [1.82, 2.24) is 9.88 Å². The number of pyridine rings is 1. The summed E-state index contributed by atoms with van der Waals surface area (Å²) in [5.74, 6) is -0.404. The van der Waals surface area contributed by atoms with E-state index in [1.165, 1.54) is 48.0 Å². The second-order valence-corrected chi connectivity index (χ2v) is 6.11. The Morgan fingerprint density at radius 1 is 1.29 bits per heavy atom. The van der Waals surface area contributed by atoms with Crippen LogP contribution in [-0.4, -0.2) is 28.5 Å². The summed E-state index contributed by atoms with van der Waals surface area (Å²) in [6, 6.07) is 6.75. The molecule has 1 heterocycles. The van der Waals surface area contributed by atoms with E-state index in [-0.39, 0.29) is 18.7 Å². The first kappa shape index (κ1) is 21.1. The SMILES string of the molecule is Cc1c(O)c(=O)ccn1CCNC(=O)O[C@@H](CC(F)(F)F)c1ccc(N)cc1. The van der Waals surface area contributed by atoms with Crippen molar-refractivity contribution in [1.29, 1.82) is 0 Å². The van der Waals surface area contributed by atoms with Crippen LogP contribution >= 0.6 is 0 Å². The van der Waals surface area contributed by atoms with Crippen molar-refractivity contribution in [3.63, 3.8) is 0 Å². The minimum Gasteiger partial charge on any atom is -0.503 e. The summed E-state index contributed by atoms with van der Waals surface area (Å²) in [6.45, 7) is 1.72. The number of alkyl carbamates (subject to hydrolysis) is 1. The van der Waals surface area contributed by atoms with Gasteiger partial charge >= 0.3 is 12.3 Å². The minimum atomic E-state index is -4.53. The molecule has 0 radical (unpaired) electrons. The minimum absolute atomic E-state index is 0.0163. The van der Waals surface area contributed by atoms with E-state index in [2.05, 4.69) is 5.32 Å². The van der Waals surface area contributed by atoms with Crippen LogP contribution in [0.4, 0.5) is 23.7 Å². The van der Waals surface area contributed by atoms with Crippen LogP contribution < -0.4 is 16.5 Å². The predicted molar refractivity (Wildman–Crippen MR) is 95.9 cm³/mol. The summed E-state index contributed by atoms with van der Waals surface area (Å²) in [4.78, 5) is 23.3. The first-order chi connectivity index (χ1) is 13.1. The number of amides is 1. The van der Waals surface area contributed by atoms with Crippen LogP contribution in [0.2, 0.25) is 0 Å². The number of rotatable bonds is 6. The van der Waals surface area contributed by atoms with Crippen LogP contribution in [0.5, 0.6) is 5.75 Å². The smallest absolute Gasteiger partial charge is 0.407 e. The zero-order valence-corrected chi connectivity index (χ0v) is 15.0. The molecule has 1 aromatic heterocycles. The number of nitrogens with zero attached hydrogens (tertiary/aromatic N) is 1. The van der Waals surface area contributed by atoms with Gasteiger partial charge in [0, 0.05) is 31.0 Å². The molecule has 28 heavy (non-hydrogen) atoms. The van der Waals surface area contributed by atoms with Crippen molar-refractivity contribution < 1.29 is 27.8 Å². The molecule has 10 heteroatoms. The molecule has 0 fully saturated rings. The van der Waals surface area contributed by atoms with E-state index in [1.54, 1.807) is 0 Å². The van der Waals surface area contributed by atoms with E-state index in [1.807, 2.05) is 0 Å². The summed E-state index contributed by atoms with van der Waals surface area (Å²) in [5, 5.41) is 12.0. The van der Waals surface area contributed by atoms with Crippen molar-refractivity contribution in [2.75, 3.05) is 12.3 Å². The Hall–Kier alpha value is -3.17. The Morgan fingerprint density at radius 2 is 1.93 bits per heavy atom. The largest absolute Gasteiger partial charge is 0.503 e. The van der Waals surface area contributed by atoms with Crippen molar-refractivity contribution in [2.24, 2.45) is 0 Å². The second-order valence-electron chi connectivity index (χ2n) is 6.11. The van der Waals surface area contributed by atoms with Crippen LogP contribution in [0.1, 0.15) is 23.8 Å². The number of anilines is 1. The van der Waals surface area contributed by atoms with Gasteiger partial charge in [0.25, 0.3) is 0 Å². The maximum Gasteiger partial charge on any atom is 0.407 e. The maximum atomic E-state index is 12.8. The van der Waals surface area contributed by atoms with E-state index in [0.717, 1.165) is 0 Å². The second kappa shape index (κ2) is 8.68. The Bertz CT molecular complexity index is 879. The van der Waals surface area contributed by atoms with E-state index >= 15 is 0 Å². The molecule has 7 nitrogen and oxygen atoms in total. The highest BCUT2D eigenvalue weighted by Gasteiger charge is 2.34. The van der Waals surface area contributed by atoms with Gasteiger partial charge in [0.15, 0.2) is 5.75 Å². The summed E-state index contributed by atoms with van der Waals surface area (Å²) < 4.78 is 44.9. The molecule has 0 aliphatic carbocycles. The number of aromatic hydroxyl groups is 1. The number of hydrogen-bond acceptors (Lipinski definition) is 5. The third-order valence-corrected chi connectivity index (χ3v) is 4.01. The van der Waals surface area contributed by atoms with Gasteiger partial charge in [0.05, 0.1) is 12.1 Å². The van der Waals surface area contributed by atoms with Crippen LogP contribution in [0, 0.1) is 6.92 Å². The van der Waals surface area contributed by atoms with Gasteiger partial charge in [-0.15, -0.1) is 0 Å². The van der Waals surface area contributed by atoms with E-state index < -0.39 is 36.0 Å². The number of carbonyl (C=O) groups excluding carboxylic acids is 1. The molecule has 0 unspecified atom stereocenters. The third kappa shape index (κ3) is 5.93. The van der Waals surface area contributed by atoms with Crippen molar-refractivity contribution >= 4 is 11.8 Å². The molecule has 0 aliphatic rings. The number of nitrogen functional groups attached to an aromatic ring is 1. The van der Waals surface area contributed by atoms with Gasteiger partial charge in [-0.25, -0.2) is 4.79 Å². The normalized spacial score (nSPS) is 12.4. The Kier molecular flexibility index (Phi) is 6.55. The van der Waals surface area contributed by atoms with E-state index in [0.29, 0.717) is 11.4 Å². The van der Waals surface area contributed by atoms with Crippen molar-refractivity contribution in [3.05, 3.63) is 58.0 Å². The number of aromatic nitrogens is 1. The molecule has 1 atom stereocenters. The van der Waals surface area contributed by atoms with Crippen molar-refractivity contribution in [3.8, 4) is 5.75 Å². The molecule has 2 aromatic rings. The number of alkyl halides is 3. The molecular formula is C18H20F3N3O4. The predicted octanol–water partition coefficient (Wildman–Crippen LogP) is 2.86. The van der Waals surface area contributed by atoms with Crippen LogP contribution in [-0.2, 0) is 11.3 Å². The highest BCUT2D eigenvalue weighted by Crippen LogP contribution is 2.32. The fraction of sp³-hybridized carbons (Fsp3) is 0.333. The fourth-order valence-corrected chi connectivity index (χ4v) is 2.50. The Morgan fingerprint density at radius 3 is 2.54 bits per heavy atom. The molecule has 2 rings (SSSR count). The molecule has 0 spiro atoms. The highest BCUT2D eigenvalue weighted by molar-refractivity contribution is 5.67. The molecule has 0 bridgehead atoms. The summed E-state index contributed by atoms with van der Waals surface area (Å²) in [5.41, 5.74) is 5.85. The first-order valence-electron chi connectivity index (χ1n) is 8.32. The molecule has 4 N–H and O–H groups in total. The van der Waals surface area contributed by atoms with Crippen LogP contribution in [0.3, 0.4) is 0 Å². The van der Waals surface area contributed by atoms with Crippen LogP contribution in [0.25, 0.3) is 0 Å². The van der Waals surface area contributed by atoms with Gasteiger partial charge in [0.1, 0.15) is 6.10 Å². The van der Waals surface area contributed by atoms with Gasteiger partial charge in [-0.1, -0.05) is 12.1 Å². The maximum absolute atomic E-state index is 12.8. The quantitative estimate of drug-likeness (QED) is 0.648. The Labute approximate surface area is 158 Å². The first-order valence-corrected chi connectivity index (χ1v) is 8.32.